The number of rotatable bonds is 20. The molecule has 3 N–H and O–H groups in total. The quantitative estimate of drug-likeness (QED) is 0.173. The third-order valence-electron chi connectivity index (χ3n) is 10.1. The van der Waals surface area contributed by atoms with Crippen LogP contribution < -0.4 is 16.0 Å². The smallest absolute Gasteiger partial charge is 0.328 e. The van der Waals surface area contributed by atoms with Crippen molar-refractivity contribution in [2.45, 2.75) is 103 Å². The molecule has 2 rings (SSSR count). The van der Waals surface area contributed by atoms with Crippen LogP contribution in [0.5, 0.6) is 0 Å². The maximum absolute atomic E-state index is 14.0. The second kappa shape index (κ2) is 21.0. The van der Waals surface area contributed by atoms with Gasteiger partial charge in [-0.1, -0.05) is 71.4 Å². The van der Waals surface area contributed by atoms with E-state index in [1.165, 1.54) is 21.3 Å². The monoisotopic (exact) mass is 703 g/mol. The second-order valence-corrected chi connectivity index (χ2v) is 13.6. The molecule has 13 heteroatoms. The van der Waals surface area contributed by atoms with Crippen LogP contribution in [0.15, 0.2) is 30.3 Å². The van der Waals surface area contributed by atoms with Gasteiger partial charge in [-0.15, -0.1) is 0 Å². The molecule has 1 aromatic rings. The van der Waals surface area contributed by atoms with E-state index in [-0.39, 0.29) is 60.9 Å². The summed E-state index contributed by atoms with van der Waals surface area (Å²) in [7, 11) is 7.73. The predicted octanol–water partition coefficient (Wildman–Crippen LogP) is 2.17. The number of nitrogens with zero attached hydrogens (tertiary/aromatic N) is 2. The lowest BCUT2D eigenvalue weighted by Crippen LogP contribution is -2.55. The van der Waals surface area contributed by atoms with Crippen LogP contribution in [0.2, 0.25) is 0 Å². The van der Waals surface area contributed by atoms with Gasteiger partial charge in [0.25, 0.3) is 0 Å². The molecule has 0 spiro atoms. The lowest BCUT2D eigenvalue weighted by atomic mass is 9.90. The van der Waals surface area contributed by atoms with E-state index in [9.17, 15) is 24.0 Å². The van der Waals surface area contributed by atoms with Gasteiger partial charge in [-0.2, -0.15) is 0 Å². The summed E-state index contributed by atoms with van der Waals surface area (Å²) in [6, 6.07) is 7.23. The zero-order chi connectivity index (χ0) is 37.5. The van der Waals surface area contributed by atoms with Gasteiger partial charge in [0.05, 0.1) is 56.3 Å². The van der Waals surface area contributed by atoms with E-state index < -0.39 is 42.2 Å². The van der Waals surface area contributed by atoms with Gasteiger partial charge in [0.2, 0.25) is 23.6 Å². The summed E-state index contributed by atoms with van der Waals surface area (Å²) in [4.78, 5) is 69.5. The number of benzene rings is 1. The summed E-state index contributed by atoms with van der Waals surface area (Å²) in [5, 5.41) is 8.57. The van der Waals surface area contributed by atoms with Gasteiger partial charge in [0, 0.05) is 34.2 Å². The topological polar surface area (TPSA) is 156 Å². The number of carbonyl (C=O) groups excluding carboxylic acids is 5. The molecule has 8 atom stereocenters. The minimum Gasteiger partial charge on any atom is -0.467 e. The van der Waals surface area contributed by atoms with Crippen LogP contribution in [-0.4, -0.2) is 124 Å². The molecule has 1 aliphatic rings. The van der Waals surface area contributed by atoms with Crippen molar-refractivity contribution >= 4 is 29.6 Å². The average Bonchev–Trinajstić information content (AvgIpc) is 3.59. The van der Waals surface area contributed by atoms with Crippen molar-refractivity contribution in [1.29, 1.82) is 0 Å². The molecule has 0 aliphatic carbocycles. The SMILES string of the molecule is CC[C@H](C)[C@@H]([C@@H](CC(=O)N1CCC[C@H]1[C@H](OC)[C@@H](C)C(=O)N[C@@H](Cc1ccccc1)C(=O)OC)OC)N(C)C(=O)CNC(=O)C(NC)C(C)C. The fourth-order valence-corrected chi connectivity index (χ4v) is 6.98. The Balaban J connectivity index is 2.18. The van der Waals surface area contributed by atoms with Gasteiger partial charge in [-0.3, -0.25) is 19.2 Å². The fraction of sp³-hybridized carbons (Fsp3) is 0.703. The largest absolute Gasteiger partial charge is 0.467 e. The summed E-state index contributed by atoms with van der Waals surface area (Å²) in [5.41, 5.74) is 0.876. The molecule has 0 radical (unpaired) electrons. The fourth-order valence-electron chi connectivity index (χ4n) is 6.98. The van der Waals surface area contributed by atoms with Crippen molar-refractivity contribution in [2.75, 3.05) is 48.5 Å². The van der Waals surface area contributed by atoms with E-state index in [4.69, 9.17) is 14.2 Å². The van der Waals surface area contributed by atoms with Crippen LogP contribution in [0.1, 0.15) is 65.9 Å². The first kappa shape index (κ1) is 42.6. The normalized spacial score (nSPS) is 18.7. The molecule has 50 heavy (non-hydrogen) atoms. The Morgan fingerprint density at radius 2 is 1.64 bits per heavy atom. The van der Waals surface area contributed by atoms with Crippen molar-refractivity contribution in [2.24, 2.45) is 17.8 Å². The van der Waals surface area contributed by atoms with Gasteiger partial charge in [-0.05, 0) is 37.3 Å². The van der Waals surface area contributed by atoms with Crippen molar-refractivity contribution < 1.29 is 38.2 Å². The molecule has 1 unspecified atom stereocenters. The maximum Gasteiger partial charge on any atom is 0.328 e. The Bertz CT molecular complexity index is 1250. The standard InChI is InChI=1S/C37H61N5O8/c1-11-24(4)33(41(7)31(44)22-39-36(46)32(38-6)23(2)3)29(48-8)21-30(43)42-19-15-18-28(42)34(49-9)25(5)35(45)40-27(37(47)50-10)20-26-16-13-12-14-17-26/h12-14,16-17,23-25,27-29,32-34,38H,11,15,18-22H2,1-10H3,(H,39,46)(H,40,45)/t24-,25+,27-,28-,29+,32?,33-,34+/m0/s1. The highest BCUT2D eigenvalue weighted by atomic mass is 16.5. The molecule has 13 nitrogen and oxygen atoms in total. The van der Waals surface area contributed by atoms with E-state index in [0.29, 0.717) is 13.0 Å². The lowest BCUT2D eigenvalue weighted by molar-refractivity contribution is -0.148. The number of amides is 4. The van der Waals surface area contributed by atoms with Crippen LogP contribution in [-0.2, 0) is 44.6 Å². The van der Waals surface area contributed by atoms with E-state index in [2.05, 4.69) is 16.0 Å². The molecule has 0 aromatic heterocycles. The number of ether oxygens (including phenoxy) is 3. The number of methoxy groups -OCH3 is 3. The minimum atomic E-state index is -0.885. The van der Waals surface area contributed by atoms with Crippen molar-refractivity contribution in [3.63, 3.8) is 0 Å². The molecule has 282 valence electrons. The van der Waals surface area contributed by atoms with Crippen molar-refractivity contribution in [3.05, 3.63) is 35.9 Å². The summed E-state index contributed by atoms with van der Waals surface area (Å²) in [6.45, 7) is 9.93. The third kappa shape index (κ3) is 11.5. The summed E-state index contributed by atoms with van der Waals surface area (Å²) in [5.74, 6) is -2.29. The maximum atomic E-state index is 14.0. The highest BCUT2D eigenvalue weighted by Crippen LogP contribution is 2.29. The Labute approximate surface area is 298 Å². The number of carbonyl (C=O) groups is 5. The first-order valence-corrected chi connectivity index (χ1v) is 17.7. The molecule has 1 heterocycles. The molecular weight excluding hydrogens is 642 g/mol. The zero-order valence-electron chi connectivity index (χ0n) is 31.7. The van der Waals surface area contributed by atoms with Crippen molar-refractivity contribution in [3.8, 4) is 0 Å². The van der Waals surface area contributed by atoms with Crippen molar-refractivity contribution in [1.82, 2.24) is 25.8 Å². The highest BCUT2D eigenvalue weighted by Gasteiger charge is 2.42. The molecule has 1 aromatic carbocycles. The van der Waals surface area contributed by atoms with Crippen LogP contribution in [0, 0.1) is 17.8 Å². The van der Waals surface area contributed by atoms with Crippen LogP contribution >= 0.6 is 0 Å². The number of hydrogen-bond donors (Lipinski definition) is 3. The summed E-state index contributed by atoms with van der Waals surface area (Å²) >= 11 is 0. The Hall–Kier alpha value is -3.55. The Morgan fingerprint density at radius 3 is 2.18 bits per heavy atom. The van der Waals surface area contributed by atoms with E-state index in [0.717, 1.165) is 18.4 Å². The van der Waals surface area contributed by atoms with Gasteiger partial charge in [0.15, 0.2) is 0 Å². The molecule has 1 saturated heterocycles. The van der Waals surface area contributed by atoms with E-state index in [1.807, 2.05) is 58.0 Å². The Kier molecular flexibility index (Phi) is 17.9. The van der Waals surface area contributed by atoms with Gasteiger partial charge in [-0.25, -0.2) is 4.79 Å². The number of likely N-dealkylation sites (N-methyl/N-ethyl adjacent to an activating group) is 2. The Morgan fingerprint density at radius 1 is 0.980 bits per heavy atom. The predicted molar refractivity (Wildman–Crippen MR) is 191 cm³/mol. The van der Waals surface area contributed by atoms with Crippen LogP contribution in [0.25, 0.3) is 0 Å². The third-order valence-corrected chi connectivity index (χ3v) is 10.1. The van der Waals surface area contributed by atoms with E-state index >= 15 is 0 Å². The van der Waals surface area contributed by atoms with Crippen LogP contribution in [0.4, 0.5) is 0 Å². The first-order valence-electron chi connectivity index (χ1n) is 17.7. The second-order valence-electron chi connectivity index (χ2n) is 13.6. The number of likely N-dealkylation sites (tertiary alicyclic amines) is 1. The number of esters is 1. The van der Waals surface area contributed by atoms with Gasteiger partial charge >= 0.3 is 5.97 Å². The highest BCUT2D eigenvalue weighted by molar-refractivity contribution is 5.88. The van der Waals surface area contributed by atoms with Gasteiger partial charge in [0.1, 0.15) is 6.04 Å². The summed E-state index contributed by atoms with van der Waals surface area (Å²) in [6.07, 6.45) is 1.13. The molecule has 0 bridgehead atoms. The number of hydrogen-bond acceptors (Lipinski definition) is 9. The molecule has 1 aliphatic heterocycles. The lowest BCUT2D eigenvalue weighted by Gasteiger charge is -2.39. The zero-order valence-corrected chi connectivity index (χ0v) is 31.7. The first-order chi connectivity index (χ1) is 23.7. The molecule has 0 saturated carbocycles. The number of nitrogens with one attached hydrogen (secondary N) is 3. The molecule has 4 amide bonds. The average molecular weight is 704 g/mol. The minimum absolute atomic E-state index is 0.0124. The van der Waals surface area contributed by atoms with Gasteiger partial charge < -0.3 is 40.0 Å². The molecule has 1 fully saturated rings. The van der Waals surface area contributed by atoms with E-state index in [1.54, 1.807) is 30.8 Å². The summed E-state index contributed by atoms with van der Waals surface area (Å²) < 4.78 is 16.8. The molecular formula is C37H61N5O8. The van der Waals surface area contributed by atoms with Crippen LogP contribution in [0.3, 0.4) is 0 Å².